The van der Waals surface area contributed by atoms with Crippen LogP contribution >= 0.6 is 0 Å². The van der Waals surface area contributed by atoms with Crippen LogP contribution in [0.5, 0.6) is 5.75 Å². The lowest BCUT2D eigenvalue weighted by Crippen LogP contribution is -2.24. The molecule has 0 radical (unpaired) electrons. The molecule has 0 aliphatic heterocycles. The third-order valence-electron chi connectivity index (χ3n) is 2.94. The summed E-state index contributed by atoms with van der Waals surface area (Å²) in [6.45, 7) is 2.50. The molecule has 1 N–H and O–H groups in total. The van der Waals surface area contributed by atoms with Crippen molar-refractivity contribution in [3.63, 3.8) is 0 Å². The highest BCUT2D eigenvalue weighted by atomic mass is 19.4. The zero-order chi connectivity index (χ0) is 15.2. The summed E-state index contributed by atoms with van der Waals surface area (Å²) in [5.41, 5.74) is 0.501. The second kappa shape index (κ2) is 7.47. The van der Waals surface area contributed by atoms with Gasteiger partial charge in [0.15, 0.2) is 11.6 Å². The van der Waals surface area contributed by atoms with Gasteiger partial charge in [0.1, 0.15) is 0 Å². The number of hydrogen-bond acceptors (Lipinski definition) is 2. The van der Waals surface area contributed by atoms with Gasteiger partial charge in [-0.05, 0) is 37.1 Å². The lowest BCUT2D eigenvalue weighted by Gasteiger charge is -2.20. The van der Waals surface area contributed by atoms with Crippen molar-refractivity contribution in [1.82, 2.24) is 5.32 Å². The molecule has 0 saturated heterocycles. The van der Waals surface area contributed by atoms with Crippen molar-refractivity contribution in [2.24, 2.45) is 0 Å². The molecule has 114 valence electrons. The fraction of sp³-hybridized carbons (Fsp3) is 0.571. The summed E-state index contributed by atoms with van der Waals surface area (Å²) in [6.07, 6.45) is -4.43. The van der Waals surface area contributed by atoms with Crippen LogP contribution in [-0.4, -0.2) is 19.8 Å². The molecule has 0 heterocycles. The molecule has 1 aromatic carbocycles. The molecule has 0 aromatic heterocycles. The van der Waals surface area contributed by atoms with E-state index in [0.717, 1.165) is 6.42 Å². The molecule has 1 atom stereocenters. The summed E-state index contributed by atoms with van der Waals surface area (Å²) in [7, 11) is 1.34. The summed E-state index contributed by atoms with van der Waals surface area (Å²) in [4.78, 5) is 0. The fourth-order valence-corrected chi connectivity index (χ4v) is 1.91. The van der Waals surface area contributed by atoms with E-state index in [9.17, 15) is 17.6 Å². The van der Waals surface area contributed by atoms with Crippen molar-refractivity contribution in [1.29, 1.82) is 0 Å². The average molecular weight is 293 g/mol. The number of benzene rings is 1. The molecular weight excluding hydrogens is 274 g/mol. The molecule has 0 spiro atoms. The summed E-state index contributed by atoms with van der Waals surface area (Å²) >= 11 is 0. The van der Waals surface area contributed by atoms with Crippen LogP contribution < -0.4 is 10.1 Å². The highest BCUT2D eigenvalue weighted by Crippen LogP contribution is 2.29. The van der Waals surface area contributed by atoms with Crippen molar-refractivity contribution >= 4 is 0 Å². The first-order valence-electron chi connectivity index (χ1n) is 6.51. The maximum atomic E-state index is 13.6. The molecule has 0 aliphatic carbocycles. The lowest BCUT2D eigenvalue weighted by atomic mass is 10.0. The molecule has 0 amide bonds. The normalized spacial score (nSPS) is 13.3. The Labute approximate surface area is 116 Å². The summed E-state index contributed by atoms with van der Waals surface area (Å²) in [5.74, 6) is -0.487. The maximum absolute atomic E-state index is 13.6. The number of rotatable bonds is 7. The van der Waals surface area contributed by atoms with Gasteiger partial charge in [0.05, 0.1) is 7.11 Å². The number of nitrogens with one attached hydrogen (secondary N) is 1. The molecule has 0 fully saturated rings. The van der Waals surface area contributed by atoms with Crippen molar-refractivity contribution in [2.45, 2.75) is 38.4 Å². The van der Waals surface area contributed by atoms with Gasteiger partial charge in [0.25, 0.3) is 0 Å². The van der Waals surface area contributed by atoms with E-state index in [1.54, 1.807) is 6.07 Å². The van der Waals surface area contributed by atoms with Gasteiger partial charge in [-0.25, -0.2) is 4.39 Å². The van der Waals surface area contributed by atoms with Crippen LogP contribution in [0.25, 0.3) is 0 Å². The van der Waals surface area contributed by atoms with Crippen molar-refractivity contribution in [3.05, 3.63) is 29.6 Å². The molecule has 0 bridgehead atoms. The van der Waals surface area contributed by atoms with Crippen LogP contribution in [0.3, 0.4) is 0 Å². The van der Waals surface area contributed by atoms with Gasteiger partial charge in [-0.2, -0.15) is 13.2 Å². The van der Waals surface area contributed by atoms with E-state index >= 15 is 0 Å². The lowest BCUT2D eigenvalue weighted by molar-refractivity contribution is -0.136. The number of alkyl halides is 3. The Balaban J connectivity index is 2.83. The van der Waals surface area contributed by atoms with E-state index in [1.807, 2.05) is 6.92 Å². The zero-order valence-electron chi connectivity index (χ0n) is 11.6. The van der Waals surface area contributed by atoms with E-state index in [1.165, 1.54) is 19.2 Å². The Hall–Kier alpha value is -1.30. The Morgan fingerprint density at radius 2 is 2.00 bits per heavy atom. The van der Waals surface area contributed by atoms with Crippen LogP contribution in [0.2, 0.25) is 0 Å². The Kier molecular flexibility index (Phi) is 6.26. The third kappa shape index (κ3) is 5.36. The van der Waals surface area contributed by atoms with Gasteiger partial charge in [-0.3, -0.25) is 0 Å². The first-order valence-corrected chi connectivity index (χ1v) is 6.51. The van der Waals surface area contributed by atoms with E-state index < -0.39 is 24.5 Å². The summed E-state index contributed by atoms with van der Waals surface area (Å²) in [6, 6.07) is 3.73. The van der Waals surface area contributed by atoms with Gasteiger partial charge in [0.2, 0.25) is 0 Å². The predicted molar refractivity (Wildman–Crippen MR) is 69.3 cm³/mol. The number of ether oxygens (including phenoxy) is 1. The molecule has 1 rings (SSSR count). The molecule has 2 nitrogen and oxygen atoms in total. The minimum Gasteiger partial charge on any atom is -0.494 e. The van der Waals surface area contributed by atoms with Gasteiger partial charge < -0.3 is 10.1 Å². The highest BCUT2D eigenvalue weighted by Gasteiger charge is 2.28. The topological polar surface area (TPSA) is 21.3 Å². The fourth-order valence-electron chi connectivity index (χ4n) is 1.91. The SMILES string of the molecule is CCCNC(CCC(F)(F)F)c1ccc(OC)c(F)c1. The Bertz CT molecular complexity index is 420. The molecule has 1 unspecified atom stereocenters. The monoisotopic (exact) mass is 293 g/mol. The van der Waals surface area contributed by atoms with E-state index in [4.69, 9.17) is 4.74 Å². The third-order valence-corrected chi connectivity index (χ3v) is 2.94. The second-order valence-electron chi connectivity index (χ2n) is 4.55. The molecular formula is C14H19F4NO. The molecule has 1 aromatic rings. The molecule has 6 heteroatoms. The molecule has 0 aliphatic rings. The van der Waals surface area contributed by atoms with Crippen molar-refractivity contribution in [3.8, 4) is 5.75 Å². The van der Waals surface area contributed by atoms with E-state index in [-0.39, 0.29) is 12.2 Å². The molecule has 20 heavy (non-hydrogen) atoms. The standard InChI is InChI=1S/C14H19F4NO/c1-3-8-19-12(6-7-14(16,17)18)10-4-5-13(20-2)11(15)9-10/h4-5,9,12,19H,3,6-8H2,1-2H3. The van der Waals surface area contributed by atoms with Crippen molar-refractivity contribution < 1.29 is 22.3 Å². The van der Waals surface area contributed by atoms with Crippen LogP contribution in [0.1, 0.15) is 37.8 Å². The number of hydrogen-bond donors (Lipinski definition) is 1. The smallest absolute Gasteiger partial charge is 0.389 e. The maximum Gasteiger partial charge on any atom is 0.389 e. The first kappa shape index (κ1) is 16.8. The number of methoxy groups -OCH3 is 1. The Morgan fingerprint density at radius 1 is 1.30 bits per heavy atom. The van der Waals surface area contributed by atoms with Gasteiger partial charge in [-0.1, -0.05) is 13.0 Å². The number of halogens is 4. The summed E-state index contributed by atoms with van der Waals surface area (Å²) in [5, 5.41) is 3.02. The van der Waals surface area contributed by atoms with Gasteiger partial charge >= 0.3 is 6.18 Å². The van der Waals surface area contributed by atoms with Crippen molar-refractivity contribution in [2.75, 3.05) is 13.7 Å². The highest BCUT2D eigenvalue weighted by molar-refractivity contribution is 5.31. The summed E-state index contributed by atoms with van der Waals surface area (Å²) < 4.78 is 55.4. The average Bonchev–Trinajstić information content (AvgIpc) is 2.37. The predicted octanol–water partition coefficient (Wildman–Crippen LogP) is 4.22. The van der Waals surface area contributed by atoms with Crippen LogP contribution in [-0.2, 0) is 0 Å². The van der Waals surface area contributed by atoms with Gasteiger partial charge in [0, 0.05) is 12.5 Å². The zero-order valence-corrected chi connectivity index (χ0v) is 11.6. The van der Waals surface area contributed by atoms with Crippen LogP contribution in [0, 0.1) is 5.82 Å². The van der Waals surface area contributed by atoms with Crippen LogP contribution in [0.15, 0.2) is 18.2 Å². The first-order chi connectivity index (χ1) is 9.37. The Morgan fingerprint density at radius 3 is 2.50 bits per heavy atom. The minimum absolute atomic E-state index is 0.0822. The van der Waals surface area contributed by atoms with E-state index in [2.05, 4.69) is 5.32 Å². The van der Waals surface area contributed by atoms with Crippen LogP contribution in [0.4, 0.5) is 17.6 Å². The quantitative estimate of drug-likeness (QED) is 0.760. The minimum atomic E-state index is -4.21. The van der Waals surface area contributed by atoms with E-state index in [0.29, 0.717) is 12.1 Å². The second-order valence-corrected chi connectivity index (χ2v) is 4.55. The molecule has 0 saturated carbocycles. The largest absolute Gasteiger partial charge is 0.494 e. The van der Waals surface area contributed by atoms with Gasteiger partial charge in [-0.15, -0.1) is 0 Å².